The first-order chi connectivity index (χ1) is 14.3. The zero-order valence-electron chi connectivity index (χ0n) is 19.5. The first kappa shape index (κ1) is 26.9. The van der Waals surface area contributed by atoms with Crippen molar-refractivity contribution in [2.24, 2.45) is 0 Å². The van der Waals surface area contributed by atoms with E-state index in [-0.39, 0.29) is 17.0 Å². The van der Waals surface area contributed by atoms with Crippen molar-refractivity contribution >= 4 is 11.4 Å². The monoisotopic (exact) mass is 473 g/mol. The van der Waals surface area contributed by atoms with E-state index < -0.39 is 0 Å². The molecule has 2 heteroatoms. The molecule has 2 aromatic rings. The summed E-state index contributed by atoms with van der Waals surface area (Å²) in [7, 11) is 0. The van der Waals surface area contributed by atoms with Gasteiger partial charge in [-0.15, -0.1) is 0 Å². The molecular weight excluding hydrogens is 430 g/mol. The highest BCUT2D eigenvalue weighted by Gasteiger charge is 2.32. The summed E-state index contributed by atoms with van der Waals surface area (Å²) in [4.78, 5) is 0. The summed E-state index contributed by atoms with van der Waals surface area (Å²) < 4.78 is 1.02. The van der Waals surface area contributed by atoms with Gasteiger partial charge in [0.05, 0.1) is 13.1 Å². The van der Waals surface area contributed by atoms with Crippen LogP contribution in [0.2, 0.25) is 0 Å². The molecule has 0 fully saturated rings. The van der Waals surface area contributed by atoms with Gasteiger partial charge in [0.25, 0.3) is 0 Å². The molecule has 168 valence electrons. The van der Waals surface area contributed by atoms with Crippen molar-refractivity contribution < 1.29 is 17.0 Å². The average Bonchev–Trinajstić information content (AvgIpc) is 2.78. The van der Waals surface area contributed by atoms with Crippen LogP contribution in [0.4, 0.5) is 11.4 Å². The molecule has 0 unspecified atom stereocenters. The van der Waals surface area contributed by atoms with Gasteiger partial charge in [-0.2, -0.15) is 0 Å². The summed E-state index contributed by atoms with van der Waals surface area (Å²) >= 11 is 0. The number of para-hydroxylation sites is 2. The molecule has 0 bridgehead atoms. The van der Waals surface area contributed by atoms with Crippen molar-refractivity contribution in [3.8, 4) is 0 Å². The lowest BCUT2D eigenvalue weighted by molar-refractivity contribution is -0.00000614. The fourth-order valence-corrected chi connectivity index (χ4v) is 4.53. The molecule has 0 heterocycles. The van der Waals surface area contributed by atoms with E-state index in [2.05, 4.69) is 74.5 Å². The average molecular weight is 475 g/mol. The topological polar surface area (TPSA) is 0 Å². The van der Waals surface area contributed by atoms with E-state index in [4.69, 9.17) is 0 Å². The predicted molar refractivity (Wildman–Crippen MR) is 131 cm³/mol. The molecule has 0 radical (unpaired) electrons. The molecule has 0 atom stereocenters. The number of halogens is 1. The summed E-state index contributed by atoms with van der Waals surface area (Å²) in [5, 5.41) is 0. The Morgan fingerprint density at radius 2 is 0.800 bits per heavy atom. The Bertz CT molecular complexity index is 568. The molecule has 1 nitrogen and oxygen atoms in total. The lowest BCUT2D eigenvalue weighted by atomic mass is 10.0. The maximum absolute atomic E-state index is 2.35. The van der Waals surface area contributed by atoms with E-state index in [0.29, 0.717) is 0 Å². The van der Waals surface area contributed by atoms with Crippen molar-refractivity contribution in [1.29, 1.82) is 0 Å². The van der Waals surface area contributed by atoms with Crippen LogP contribution in [0, 0.1) is 0 Å². The second-order valence-electron chi connectivity index (χ2n) is 8.62. The molecule has 0 saturated carbocycles. The number of hydrogen-bond acceptors (Lipinski definition) is 0. The maximum Gasteiger partial charge on any atom is 0.137 e. The zero-order chi connectivity index (χ0) is 20.6. The lowest BCUT2D eigenvalue weighted by Gasteiger charge is -2.38. The van der Waals surface area contributed by atoms with Gasteiger partial charge in [-0.1, -0.05) is 102 Å². The summed E-state index contributed by atoms with van der Waals surface area (Å²) in [6, 6.07) is 22.6. The van der Waals surface area contributed by atoms with Crippen molar-refractivity contribution in [2.75, 3.05) is 13.1 Å². The van der Waals surface area contributed by atoms with Crippen molar-refractivity contribution in [3.05, 3.63) is 60.7 Å². The number of benzene rings is 2. The number of quaternary nitrogens is 1. The largest absolute Gasteiger partial charge is 1.00 e. The highest BCUT2D eigenvalue weighted by molar-refractivity contribution is 5.58. The molecule has 0 spiro atoms. The number of hydrogen-bond donors (Lipinski definition) is 0. The molecule has 0 amide bonds. The third-order valence-corrected chi connectivity index (χ3v) is 6.29. The fourth-order valence-electron chi connectivity index (χ4n) is 4.53. The van der Waals surface area contributed by atoms with Gasteiger partial charge in [0, 0.05) is 0 Å². The van der Waals surface area contributed by atoms with Crippen LogP contribution in [0.3, 0.4) is 0 Å². The van der Waals surface area contributed by atoms with Crippen molar-refractivity contribution in [3.63, 3.8) is 0 Å². The zero-order valence-corrected chi connectivity index (χ0v) is 21.1. The third kappa shape index (κ3) is 8.94. The second-order valence-corrected chi connectivity index (χ2v) is 8.62. The molecule has 2 rings (SSSR count). The molecule has 0 aliphatic carbocycles. The summed E-state index contributed by atoms with van der Waals surface area (Å²) in [5.41, 5.74) is 2.92. The Balaban J connectivity index is 0.00000450. The van der Waals surface area contributed by atoms with Gasteiger partial charge in [-0.25, -0.2) is 0 Å². The van der Waals surface area contributed by atoms with E-state index in [1.165, 1.54) is 102 Å². The quantitative estimate of drug-likeness (QED) is 0.205. The van der Waals surface area contributed by atoms with Crippen LogP contribution in [0.25, 0.3) is 0 Å². The smallest absolute Gasteiger partial charge is 0.137 e. The van der Waals surface area contributed by atoms with Gasteiger partial charge < -0.3 is 17.0 Å². The minimum Gasteiger partial charge on any atom is -1.00 e. The standard InChI is InChI=1S/C28H44N.BrH/c1-3-5-7-9-11-19-25-29(27-21-15-13-16-22-27,28-23-17-14-18-24-28)26-20-12-10-8-6-4-2;/h13-18,21-24H,3-12,19-20,25-26H2,1-2H3;1H/q+1;/p-1. The Morgan fingerprint density at radius 1 is 0.467 bits per heavy atom. The maximum atomic E-state index is 2.35. The minimum atomic E-state index is 0. The molecule has 0 saturated heterocycles. The van der Waals surface area contributed by atoms with E-state index >= 15 is 0 Å². The van der Waals surface area contributed by atoms with Gasteiger partial charge in [0.1, 0.15) is 11.4 Å². The molecule has 0 aromatic heterocycles. The Labute approximate surface area is 197 Å². The van der Waals surface area contributed by atoms with E-state index in [1.54, 1.807) is 0 Å². The summed E-state index contributed by atoms with van der Waals surface area (Å²) in [5.74, 6) is 0. The highest BCUT2D eigenvalue weighted by atomic mass is 79.9. The fraction of sp³-hybridized carbons (Fsp3) is 0.571. The van der Waals surface area contributed by atoms with Crippen LogP contribution in [0.15, 0.2) is 60.7 Å². The first-order valence-electron chi connectivity index (χ1n) is 12.3. The van der Waals surface area contributed by atoms with Crippen LogP contribution in [0.1, 0.15) is 90.9 Å². The normalized spacial score (nSPS) is 11.3. The Kier molecular flexibility index (Phi) is 14.9. The highest BCUT2D eigenvalue weighted by Crippen LogP contribution is 2.36. The van der Waals surface area contributed by atoms with Gasteiger partial charge in [0.2, 0.25) is 0 Å². The van der Waals surface area contributed by atoms with Crippen molar-refractivity contribution in [2.45, 2.75) is 90.9 Å². The van der Waals surface area contributed by atoms with Crippen LogP contribution < -0.4 is 21.5 Å². The van der Waals surface area contributed by atoms with Crippen LogP contribution >= 0.6 is 0 Å². The van der Waals surface area contributed by atoms with Crippen LogP contribution in [-0.4, -0.2) is 13.1 Å². The summed E-state index contributed by atoms with van der Waals surface area (Å²) in [6.07, 6.45) is 16.3. The van der Waals surface area contributed by atoms with Crippen LogP contribution in [-0.2, 0) is 0 Å². The van der Waals surface area contributed by atoms with E-state index in [1.807, 2.05) is 0 Å². The Morgan fingerprint density at radius 3 is 1.17 bits per heavy atom. The molecule has 30 heavy (non-hydrogen) atoms. The molecular formula is C28H44BrN. The number of nitrogens with zero attached hydrogens (tertiary/aromatic N) is 1. The molecule has 0 aliphatic rings. The number of unbranched alkanes of at least 4 members (excludes halogenated alkanes) is 10. The molecule has 2 aromatic carbocycles. The predicted octanol–water partition coefficient (Wildman–Crippen LogP) is 6.05. The van der Waals surface area contributed by atoms with E-state index in [0.717, 1.165) is 4.48 Å². The van der Waals surface area contributed by atoms with E-state index in [9.17, 15) is 0 Å². The Hall–Kier alpha value is -1.12. The molecule has 0 N–H and O–H groups in total. The van der Waals surface area contributed by atoms with Crippen molar-refractivity contribution in [1.82, 2.24) is 4.48 Å². The van der Waals surface area contributed by atoms with Gasteiger partial charge in [0.15, 0.2) is 0 Å². The summed E-state index contributed by atoms with van der Waals surface area (Å²) in [6.45, 7) is 7.03. The number of rotatable bonds is 16. The SMILES string of the molecule is CCCCCCCC[N+](CCCCCCCC)(c1ccccc1)c1ccccc1.[Br-]. The van der Waals surface area contributed by atoms with Crippen LogP contribution in [0.5, 0.6) is 0 Å². The minimum absolute atomic E-state index is 0. The van der Waals surface area contributed by atoms with Gasteiger partial charge >= 0.3 is 0 Å². The second kappa shape index (κ2) is 16.6. The lowest BCUT2D eigenvalue weighted by Crippen LogP contribution is -3.00. The van der Waals surface area contributed by atoms with Gasteiger partial charge in [-0.3, -0.25) is 4.48 Å². The molecule has 0 aliphatic heterocycles. The third-order valence-electron chi connectivity index (χ3n) is 6.29. The van der Waals surface area contributed by atoms with Gasteiger partial charge in [-0.05, 0) is 49.9 Å². The first-order valence-corrected chi connectivity index (χ1v) is 12.3.